The lowest BCUT2D eigenvalue weighted by molar-refractivity contribution is -0.115. The molecule has 0 aliphatic carbocycles. The van der Waals surface area contributed by atoms with Crippen LogP contribution in [0.4, 0.5) is 0 Å². The Kier molecular flexibility index (Phi) is 7.48. The van der Waals surface area contributed by atoms with Gasteiger partial charge in [0.1, 0.15) is 0 Å². The minimum absolute atomic E-state index is 0.118. The molecule has 0 aliphatic rings. The van der Waals surface area contributed by atoms with E-state index in [9.17, 15) is 18.6 Å². The molecule has 7 nitrogen and oxygen atoms in total. The molecule has 0 atom stereocenters. The van der Waals surface area contributed by atoms with Gasteiger partial charge in [-0.3, -0.25) is 4.79 Å². The van der Waals surface area contributed by atoms with Crippen molar-refractivity contribution in [2.45, 2.75) is 9.79 Å². The van der Waals surface area contributed by atoms with Crippen LogP contribution in [0.25, 0.3) is 0 Å². The van der Waals surface area contributed by atoms with Crippen molar-refractivity contribution in [1.82, 2.24) is 4.90 Å². The van der Waals surface area contributed by atoms with Gasteiger partial charge < -0.3 is 15.1 Å². The second kappa shape index (κ2) is 9.33. The Bertz CT molecular complexity index is 709. The third kappa shape index (κ3) is 6.19. The maximum Gasteiger partial charge on any atom is 0.335 e. The lowest BCUT2D eigenvalue weighted by Crippen LogP contribution is -2.06. The van der Waals surface area contributed by atoms with E-state index in [0.29, 0.717) is 9.79 Å². The molecule has 25 heavy (non-hydrogen) atoms. The Morgan fingerprint density at radius 1 is 0.840 bits per heavy atom. The zero-order valence-electron chi connectivity index (χ0n) is 13.6. The summed E-state index contributed by atoms with van der Waals surface area (Å²) in [6.07, 6.45) is 0.750. The lowest BCUT2D eigenvalue weighted by atomic mass is 10.2. The highest BCUT2D eigenvalue weighted by Crippen LogP contribution is 2.17. The number of carbonyl (C=O) groups excluding carboxylic acids is 1. The van der Waals surface area contributed by atoms with Gasteiger partial charge in [-0.25, -0.2) is 13.8 Å². The summed E-state index contributed by atoms with van der Waals surface area (Å²) < 4.78 is 12.2. The number of aromatic carboxylic acids is 2. The van der Waals surface area contributed by atoms with E-state index in [4.69, 9.17) is 10.2 Å². The van der Waals surface area contributed by atoms with Crippen LogP contribution in [0.5, 0.6) is 0 Å². The number of hydrogen-bond acceptors (Lipinski definition) is 4. The van der Waals surface area contributed by atoms with Gasteiger partial charge in [0.2, 0.25) is 6.41 Å². The first-order valence-corrected chi connectivity index (χ1v) is 8.11. The zero-order valence-corrected chi connectivity index (χ0v) is 14.4. The number of amides is 1. The second-order valence-corrected chi connectivity index (χ2v) is 6.48. The Hall–Kier alpha value is -3.00. The lowest BCUT2D eigenvalue weighted by Gasteiger charge is -2.03. The first-order chi connectivity index (χ1) is 11.8. The van der Waals surface area contributed by atoms with Gasteiger partial charge in [0, 0.05) is 23.9 Å². The molecule has 2 rings (SSSR count). The van der Waals surface area contributed by atoms with E-state index in [1.807, 2.05) is 0 Å². The van der Waals surface area contributed by atoms with Crippen LogP contribution < -0.4 is 0 Å². The van der Waals surface area contributed by atoms with Crippen molar-refractivity contribution < 1.29 is 28.8 Å². The van der Waals surface area contributed by atoms with E-state index in [-0.39, 0.29) is 11.1 Å². The molecule has 0 radical (unpaired) electrons. The molecule has 0 unspecified atom stereocenters. The molecular formula is C17H17NO6S. The fourth-order valence-corrected chi connectivity index (χ4v) is 2.62. The molecule has 0 saturated carbocycles. The van der Waals surface area contributed by atoms with Gasteiger partial charge >= 0.3 is 11.9 Å². The van der Waals surface area contributed by atoms with Crippen LogP contribution in [0, 0.1) is 0 Å². The van der Waals surface area contributed by atoms with Crippen molar-refractivity contribution in [1.29, 1.82) is 0 Å². The van der Waals surface area contributed by atoms with Gasteiger partial charge in [-0.15, -0.1) is 0 Å². The van der Waals surface area contributed by atoms with Gasteiger partial charge in [-0.05, 0) is 48.5 Å². The Morgan fingerprint density at radius 2 is 1.12 bits per heavy atom. The molecule has 2 N–H and O–H groups in total. The molecule has 0 heterocycles. The number of carbonyl (C=O) groups is 3. The highest BCUT2D eigenvalue weighted by molar-refractivity contribution is 7.85. The Labute approximate surface area is 147 Å². The molecule has 1 amide bonds. The molecule has 0 spiro atoms. The number of rotatable bonds is 5. The molecule has 2 aromatic carbocycles. The van der Waals surface area contributed by atoms with E-state index in [0.717, 1.165) is 6.41 Å². The van der Waals surface area contributed by atoms with Crippen LogP contribution in [0.2, 0.25) is 0 Å². The van der Waals surface area contributed by atoms with E-state index in [1.165, 1.54) is 53.4 Å². The summed E-state index contributed by atoms with van der Waals surface area (Å²) in [7, 11) is 1.90. The molecule has 132 valence electrons. The topological polar surface area (TPSA) is 112 Å². The SMILES string of the molecule is CN(C)C=O.O=C(O)c1ccc(S(=O)c2ccc(C(=O)O)cc2)cc1. The fraction of sp³-hybridized carbons (Fsp3) is 0.118. The minimum Gasteiger partial charge on any atom is -0.478 e. The summed E-state index contributed by atoms with van der Waals surface area (Å²) in [6, 6.07) is 11.4. The first-order valence-electron chi connectivity index (χ1n) is 6.96. The van der Waals surface area contributed by atoms with Crippen molar-refractivity contribution in [3.05, 3.63) is 59.7 Å². The minimum atomic E-state index is -1.48. The summed E-state index contributed by atoms with van der Waals surface area (Å²) in [4.78, 5) is 33.2. The monoisotopic (exact) mass is 363 g/mol. The van der Waals surface area contributed by atoms with Crippen LogP contribution in [0.1, 0.15) is 20.7 Å². The standard InChI is InChI=1S/C14H10O5S.C3H7NO/c15-13(16)9-1-5-11(6-2-9)20(19)12-7-3-10(4-8-12)14(17)18;1-4(2)3-5/h1-8H,(H,15,16)(H,17,18);3H,1-2H3. The Morgan fingerprint density at radius 3 is 1.32 bits per heavy atom. The average molecular weight is 363 g/mol. The molecule has 2 aromatic rings. The molecule has 8 heteroatoms. The Balaban J connectivity index is 0.000000550. The third-order valence-corrected chi connectivity index (χ3v) is 4.24. The smallest absolute Gasteiger partial charge is 0.335 e. The number of carboxylic acid groups (broad SMARTS) is 2. The number of benzene rings is 2. The molecular weight excluding hydrogens is 346 g/mol. The first kappa shape index (κ1) is 20.0. The summed E-state index contributed by atoms with van der Waals surface area (Å²) >= 11 is 0. The second-order valence-electron chi connectivity index (χ2n) is 5.00. The molecule has 0 aliphatic heterocycles. The number of nitrogens with zero attached hydrogens (tertiary/aromatic N) is 1. The van der Waals surface area contributed by atoms with Gasteiger partial charge in [-0.1, -0.05) is 0 Å². The quantitative estimate of drug-likeness (QED) is 0.785. The predicted molar refractivity (Wildman–Crippen MR) is 91.2 cm³/mol. The maximum atomic E-state index is 12.2. The van der Waals surface area contributed by atoms with E-state index < -0.39 is 22.7 Å². The van der Waals surface area contributed by atoms with Crippen LogP contribution >= 0.6 is 0 Å². The summed E-state index contributed by atoms with van der Waals surface area (Å²) in [5.41, 5.74) is 0.235. The van der Waals surface area contributed by atoms with Gasteiger partial charge in [-0.2, -0.15) is 0 Å². The largest absolute Gasteiger partial charge is 0.478 e. The third-order valence-electron chi connectivity index (χ3n) is 2.84. The van der Waals surface area contributed by atoms with Crippen LogP contribution in [-0.4, -0.2) is 51.8 Å². The van der Waals surface area contributed by atoms with Crippen molar-refractivity contribution in [3.63, 3.8) is 0 Å². The van der Waals surface area contributed by atoms with Crippen LogP contribution in [-0.2, 0) is 15.6 Å². The molecule has 0 fully saturated rings. The van der Waals surface area contributed by atoms with Crippen LogP contribution in [0.3, 0.4) is 0 Å². The fourth-order valence-electron chi connectivity index (χ4n) is 1.58. The molecule has 0 bridgehead atoms. The van der Waals surface area contributed by atoms with Crippen LogP contribution in [0.15, 0.2) is 58.3 Å². The highest BCUT2D eigenvalue weighted by Gasteiger charge is 2.10. The normalized spacial score (nSPS) is 9.72. The van der Waals surface area contributed by atoms with E-state index >= 15 is 0 Å². The predicted octanol–water partition coefficient (Wildman–Crippen LogP) is 1.95. The highest BCUT2D eigenvalue weighted by atomic mass is 32.2. The van der Waals surface area contributed by atoms with E-state index in [2.05, 4.69) is 0 Å². The van der Waals surface area contributed by atoms with Gasteiger partial charge in [0.25, 0.3) is 0 Å². The van der Waals surface area contributed by atoms with Gasteiger partial charge in [0.15, 0.2) is 0 Å². The van der Waals surface area contributed by atoms with Crippen molar-refractivity contribution in [2.24, 2.45) is 0 Å². The number of hydrogen-bond donors (Lipinski definition) is 2. The average Bonchev–Trinajstić information content (AvgIpc) is 2.61. The van der Waals surface area contributed by atoms with E-state index in [1.54, 1.807) is 14.1 Å². The molecule has 0 saturated heterocycles. The summed E-state index contributed by atoms with van der Waals surface area (Å²) in [5, 5.41) is 17.6. The van der Waals surface area contributed by atoms with Crippen molar-refractivity contribution >= 4 is 29.1 Å². The van der Waals surface area contributed by atoms with Crippen molar-refractivity contribution in [3.8, 4) is 0 Å². The zero-order chi connectivity index (χ0) is 19.0. The summed E-state index contributed by atoms with van der Waals surface area (Å²) in [6.45, 7) is 0. The maximum absolute atomic E-state index is 12.2. The number of carboxylic acids is 2. The van der Waals surface area contributed by atoms with Crippen molar-refractivity contribution in [2.75, 3.05) is 14.1 Å². The summed E-state index contributed by atoms with van der Waals surface area (Å²) in [5.74, 6) is -2.10. The van der Waals surface area contributed by atoms with Gasteiger partial charge in [0.05, 0.1) is 21.9 Å². The molecule has 0 aromatic heterocycles.